The second-order valence-corrected chi connectivity index (χ2v) is 1.43. The van der Waals surface area contributed by atoms with E-state index >= 15 is 0 Å². The molecule has 0 aliphatic carbocycles. The van der Waals surface area contributed by atoms with Crippen molar-refractivity contribution in [3.05, 3.63) is 10.1 Å². The summed E-state index contributed by atoms with van der Waals surface area (Å²) in [7, 11) is -4.67. The average molecular weight is 199 g/mol. The van der Waals surface area contributed by atoms with Crippen LogP contribution in [-0.2, 0) is 10.4 Å². The molecule has 3 N–H and O–H groups in total. The van der Waals surface area contributed by atoms with Gasteiger partial charge in [-0.15, -0.1) is 0 Å². The third-order valence-electron chi connectivity index (χ3n) is 0. The third-order valence-corrected chi connectivity index (χ3v) is 0. The standard InChI is InChI=1S/Al.HNO2.Na.H2O4S.4H/c;2-1-3;;1-5(2,3)4;;;;/h;1H;;(H2,1,2,3,4);;;;. The van der Waals surface area contributed by atoms with E-state index in [2.05, 4.69) is 0 Å². The van der Waals surface area contributed by atoms with Gasteiger partial charge >= 0.3 is 40.0 Å². The molecule has 0 rings (SSSR count). The molecule has 0 saturated heterocycles. The van der Waals surface area contributed by atoms with Crippen LogP contribution in [0.3, 0.4) is 0 Å². The molecule has 0 aromatic heterocycles. The Balaban J connectivity index is -0.0000000326. The van der Waals surface area contributed by atoms with E-state index in [1.165, 1.54) is 0 Å². The van der Waals surface area contributed by atoms with Crippen LogP contribution in [0.2, 0.25) is 0 Å². The summed E-state index contributed by atoms with van der Waals surface area (Å²) in [5, 5.41) is 8.38. The van der Waals surface area contributed by atoms with Crippen molar-refractivity contribution in [2.45, 2.75) is 0 Å². The molecule has 0 saturated carbocycles. The van der Waals surface area contributed by atoms with Gasteiger partial charge in [0.15, 0.2) is 17.4 Å². The summed E-state index contributed by atoms with van der Waals surface area (Å²) in [5.41, 5.74) is 0. The number of nitrogens with one attached hydrogen (secondary N) is 1. The zero-order valence-electron chi connectivity index (χ0n) is 3.44. The van der Waals surface area contributed by atoms with Gasteiger partial charge in [0.1, 0.15) is 0 Å². The van der Waals surface area contributed by atoms with Gasteiger partial charge in [-0.2, -0.15) is 8.42 Å². The van der Waals surface area contributed by atoms with Crippen LogP contribution in [0.5, 0.6) is 0 Å². The van der Waals surface area contributed by atoms with Crippen molar-refractivity contribution in [2.75, 3.05) is 0 Å². The molecule has 0 aromatic carbocycles. The van der Waals surface area contributed by atoms with E-state index in [9.17, 15) is 0 Å². The van der Waals surface area contributed by atoms with Gasteiger partial charge in [0.05, 0.1) is 0 Å². The Labute approximate surface area is 89.7 Å². The Morgan fingerprint density at radius 2 is 1.30 bits per heavy atom. The van der Waals surface area contributed by atoms with Gasteiger partial charge in [0.25, 0.3) is 0 Å². The molecule has 0 fully saturated rings. The van der Waals surface area contributed by atoms with Gasteiger partial charge < -0.3 is 0 Å². The molecule has 0 aliphatic rings. The predicted molar refractivity (Wildman–Crippen MR) is 39.0 cm³/mol. The topological polar surface area (TPSA) is 129 Å². The van der Waals surface area contributed by atoms with Gasteiger partial charge in [0.2, 0.25) is 0 Å². The van der Waals surface area contributed by atoms with Crippen molar-refractivity contribution in [1.29, 1.82) is 0 Å². The van der Waals surface area contributed by atoms with Crippen LogP contribution in [0.25, 0.3) is 0 Å². The monoisotopic (exact) mass is 199 g/mol. The first kappa shape index (κ1) is 22.4. The zero-order chi connectivity index (χ0) is 7.21. The van der Waals surface area contributed by atoms with E-state index in [0.29, 0.717) is 0 Å². The third kappa shape index (κ3) is 832. The van der Waals surface area contributed by atoms with Crippen LogP contribution in [0.4, 0.5) is 0 Å². The van der Waals surface area contributed by atoms with Crippen molar-refractivity contribution in [1.82, 2.24) is 0 Å². The Kier molecular flexibility index (Phi) is 28.0. The molecule has 10 heavy (non-hydrogen) atoms. The Hall–Kier alpha value is 0.802. The first-order chi connectivity index (χ1) is 3.41. The van der Waals surface area contributed by atoms with Crippen LogP contribution in [0.1, 0.15) is 0 Å². The molecule has 7 nitrogen and oxygen atoms in total. The van der Waals surface area contributed by atoms with Gasteiger partial charge in [0, 0.05) is 5.34 Å². The van der Waals surface area contributed by atoms with Crippen LogP contribution in [0, 0.1) is 10.1 Å². The maximum absolute atomic E-state index is 8.74. The molecule has 58 valence electrons. The van der Waals surface area contributed by atoms with E-state index in [4.69, 9.17) is 27.6 Å². The molecule has 0 atom stereocenters. The average Bonchev–Trinajstić information content (AvgIpc) is 1.27. The fraction of sp³-hybridized carbons (Fsp3) is 0. The first-order valence-corrected chi connectivity index (χ1v) is 2.50. The molecular formula is H7AlNNaO6S. The summed E-state index contributed by atoms with van der Waals surface area (Å²) >= 11 is 0. The molecule has 0 amide bonds. The summed E-state index contributed by atoms with van der Waals surface area (Å²) in [6.45, 7) is 0. The van der Waals surface area contributed by atoms with Crippen molar-refractivity contribution >= 4 is 57.3 Å². The predicted octanol–water partition coefficient (Wildman–Crippen LogP) is -4.15. The summed E-state index contributed by atoms with van der Waals surface area (Å²) < 4.78 is 31.6. The van der Waals surface area contributed by atoms with Crippen LogP contribution >= 0.6 is 0 Å². The summed E-state index contributed by atoms with van der Waals surface area (Å²) in [5.74, 6) is 0. The van der Waals surface area contributed by atoms with Gasteiger partial charge in [-0.1, -0.05) is 0 Å². The summed E-state index contributed by atoms with van der Waals surface area (Å²) in [6, 6.07) is 0. The molecule has 0 aliphatic heterocycles. The van der Waals surface area contributed by atoms with Crippen molar-refractivity contribution in [3.8, 4) is 0 Å². The zero-order valence-corrected chi connectivity index (χ0v) is 4.25. The van der Waals surface area contributed by atoms with Crippen LogP contribution in [-0.4, -0.2) is 64.4 Å². The second-order valence-electron chi connectivity index (χ2n) is 0.531. The molecule has 0 bridgehead atoms. The van der Waals surface area contributed by atoms with Crippen molar-refractivity contribution in [2.24, 2.45) is 0 Å². The van der Waals surface area contributed by atoms with Crippen molar-refractivity contribution < 1.29 is 22.9 Å². The normalized spacial score (nSPS) is 7.00. The van der Waals surface area contributed by atoms with Gasteiger partial charge in [-0.3, -0.25) is 19.2 Å². The first-order valence-electron chi connectivity index (χ1n) is 1.11. The van der Waals surface area contributed by atoms with E-state index in [0.717, 1.165) is 0 Å². The molecule has 0 radical (unpaired) electrons. The molecule has 0 unspecified atom stereocenters. The summed E-state index contributed by atoms with van der Waals surface area (Å²) in [4.78, 5) is 8.12. The van der Waals surface area contributed by atoms with Gasteiger partial charge in [-0.05, 0) is 0 Å². The van der Waals surface area contributed by atoms with E-state index in [1.807, 2.05) is 0 Å². The summed E-state index contributed by atoms with van der Waals surface area (Å²) in [6.07, 6.45) is 0. The van der Waals surface area contributed by atoms with E-state index < -0.39 is 10.4 Å². The second kappa shape index (κ2) is 12.5. The van der Waals surface area contributed by atoms with Crippen molar-refractivity contribution in [3.63, 3.8) is 0 Å². The number of hydrogen-bond acceptors (Lipinski definition) is 4. The van der Waals surface area contributed by atoms with Crippen LogP contribution < -0.4 is 5.34 Å². The molecule has 0 spiro atoms. The Morgan fingerprint density at radius 3 is 1.30 bits per heavy atom. The van der Waals surface area contributed by atoms with E-state index in [-0.39, 0.29) is 52.3 Å². The molecule has 10 heteroatoms. The van der Waals surface area contributed by atoms with E-state index in [1.54, 1.807) is 0 Å². The number of rotatable bonds is 0. The maximum atomic E-state index is 8.74. The Morgan fingerprint density at radius 1 is 1.30 bits per heavy atom. The Bertz CT molecular complexity index is 132. The minimum atomic E-state index is -4.67. The minimum absolute atomic E-state index is 0. The molecule has 0 heterocycles. The van der Waals surface area contributed by atoms with Crippen LogP contribution in [0.15, 0.2) is 0 Å². The fourth-order valence-electron chi connectivity index (χ4n) is 0. The quantitative estimate of drug-likeness (QED) is 0.157. The molecular weight excluding hydrogens is 192 g/mol. The van der Waals surface area contributed by atoms with Gasteiger partial charge in [-0.25, -0.2) is 0 Å². The fourth-order valence-corrected chi connectivity index (χ4v) is 0. The molecule has 0 aromatic rings. The SMILES string of the molecule is O=S(=O)(O)O.O=[NH+][O-].[AlH3].[NaH]. The number of hydrogen-bond donors (Lipinski definition) is 3.